The van der Waals surface area contributed by atoms with Gasteiger partial charge in [-0.25, -0.2) is 0 Å². The number of primary amides is 1. The van der Waals surface area contributed by atoms with Gasteiger partial charge in [0.1, 0.15) is 5.75 Å². The smallest absolute Gasteiger partial charge is 0.283 e. The number of likely N-dealkylation sites (tertiary alicyclic amines) is 1. The molecule has 1 aromatic carbocycles. The molecule has 3 N–H and O–H groups in total. The molecule has 118 valence electrons. The van der Waals surface area contributed by atoms with Gasteiger partial charge in [-0.15, -0.1) is 0 Å². The van der Waals surface area contributed by atoms with Crippen molar-refractivity contribution < 1.29 is 14.3 Å². The molecule has 1 heterocycles. The number of methoxy groups -OCH3 is 1. The second-order valence-corrected chi connectivity index (χ2v) is 5.54. The summed E-state index contributed by atoms with van der Waals surface area (Å²) in [5.74, 6) is -0.0104. The molecule has 2 rings (SSSR count). The topological polar surface area (TPSA) is 84.7 Å². The predicted octanol–water partition coefficient (Wildman–Crippen LogP) is 1.16. The monoisotopic (exact) mass is 321 g/mol. The molecule has 6 nitrogen and oxygen atoms in total. The average molecular weight is 321 g/mol. The largest absolute Gasteiger partial charge is 0.497 e. The molecule has 0 atom stereocenters. The van der Waals surface area contributed by atoms with Crippen LogP contribution in [0.1, 0.15) is 12.8 Å². The molecule has 2 amide bonds. The predicted molar refractivity (Wildman–Crippen MR) is 87.7 cm³/mol. The lowest BCUT2D eigenvalue weighted by atomic mass is 9.96. The van der Waals surface area contributed by atoms with Crippen LogP contribution in [0.15, 0.2) is 24.3 Å². The minimum Gasteiger partial charge on any atom is -0.497 e. The van der Waals surface area contributed by atoms with Gasteiger partial charge in [0.15, 0.2) is 4.99 Å². The summed E-state index contributed by atoms with van der Waals surface area (Å²) in [7, 11) is 1.58. The van der Waals surface area contributed by atoms with Crippen LogP contribution in [0.4, 0.5) is 5.69 Å². The first-order chi connectivity index (χ1) is 10.5. The molecule has 1 aliphatic rings. The Kier molecular flexibility index (Phi) is 5.32. The Hall–Kier alpha value is -2.15. The first-order valence-corrected chi connectivity index (χ1v) is 7.45. The zero-order valence-corrected chi connectivity index (χ0v) is 13.2. The van der Waals surface area contributed by atoms with Gasteiger partial charge in [-0.2, -0.15) is 0 Å². The number of piperidine rings is 1. The van der Waals surface area contributed by atoms with Crippen molar-refractivity contribution >= 4 is 34.7 Å². The van der Waals surface area contributed by atoms with Gasteiger partial charge in [-0.3, -0.25) is 9.59 Å². The maximum atomic E-state index is 12.2. The summed E-state index contributed by atoms with van der Waals surface area (Å²) in [5.41, 5.74) is 5.95. The van der Waals surface area contributed by atoms with E-state index in [-0.39, 0.29) is 22.7 Å². The first kappa shape index (κ1) is 16.2. The van der Waals surface area contributed by atoms with Crippen molar-refractivity contribution in [3.8, 4) is 5.75 Å². The molecule has 1 fully saturated rings. The number of anilines is 1. The van der Waals surface area contributed by atoms with Crippen LogP contribution in [-0.4, -0.2) is 41.9 Å². The Morgan fingerprint density at radius 1 is 1.27 bits per heavy atom. The number of nitrogens with two attached hydrogens (primary N) is 1. The van der Waals surface area contributed by atoms with E-state index in [1.54, 1.807) is 31.4 Å². The standard InChI is InChI=1S/C15H19N3O3S/c1-21-12-4-2-11(3-5-12)17-14(20)15(22)18-8-6-10(7-9-18)13(16)19/h2-5,10H,6-9H2,1H3,(H2,16,19)(H,17,20). The van der Waals surface area contributed by atoms with E-state index in [0.717, 1.165) is 0 Å². The van der Waals surface area contributed by atoms with E-state index in [9.17, 15) is 9.59 Å². The van der Waals surface area contributed by atoms with E-state index in [2.05, 4.69) is 5.32 Å². The third kappa shape index (κ3) is 3.94. The number of carbonyl (C=O) groups excluding carboxylic acids is 2. The maximum absolute atomic E-state index is 12.2. The summed E-state index contributed by atoms with van der Waals surface area (Å²) in [5, 5.41) is 2.76. The molecule has 22 heavy (non-hydrogen) atoms. The SMILES string of the molecule is COc1ccc(NC(=O)C(=S)N2CCC(C(N)=O)CC2)cc1. The molecule has 7 heteroatoms. The first-order valence-electron chi connectivity index (χ1n) is 7.05. The van der Waals surface area contributed by atoms with Gasteiger partial charge in [0.25, 0.3) is 5.91 Å². The van der Waals surface area contributed by atoms with Crippen molar-refractivity contribution in [1.29, 1.82) is 0 Å². The molecule has 0 spiro atoms. The van der Waals surface area contributed by atoms with Gasteiger partial charge in [0.05, 0.1) is 7.11 Å². The second kappa shape index (κ2) is 7.22. The number of benzene rings is 1. The lowest BCUT2D eigenvalue weighted by Crippen LogP contribution is -2.45. The Morgan fingerprint density at radius 2 is 1.86 bits per heavy atom. The molecule has 0 aliphatic carbocycles. The summed E-state index contributed by atoms with van der Waals surface area (Å²) >= 11 is 5.22. The third-order valence-corrected chi connectivity index (χ3v) is 4.17. The summed E-state index contributed by atoms with van der Waals surface area (Å²) in [4.78, 5) is 25.4. The van der Waals surface area contributed by atoms with Gasteiger partial charge < -0.3 is 20.7 Å². The molecule has 0 radical (unpaired) electrons. The Balaban J connectivity index is 1.89. The molecular weight excluding hydrogens is 302 g/mol. The van der Waals surface area contributed by atoms with Crippen molar-refractivity contribution in [3.63, 3.8) is 0 Å². The highest BCUT2D eigenvalue weighted by molar-refractivity contribution is 7.82. The minimum atomic E-state index is -0.322. The van der Waals surface area contributed by atoms with E-state index in [0.29, 0.717) is 37.4 Å². The number of ether oxygens (including phenoxy) is 1. The highest BCUT2D eigenvalue weighted by Gasteiger charge is 2.26. The van der Waals surface area contributed by atoms with Crippen molar-refractivity contribution in [2.75, 3.05) is 25.5 Å². The van der Waals surface area contributed by atoms with Gasteiger partial charge in [0.2, 0.25) is 5.91 Å². The Bertz CT molecular complexity index is 566. The number of hydrogen-bond acceptors (Lipinski definition) is 4. The minimum absolute atomic E-state index is 0.122. The fourth-order valence-corrected chi connectivity index (χ4v) is 2.60. The summed E-state index contributed by atoms with van der Waals surface area (Å²) in [6.45, 7) is 1.14. The van der Waals surface area contributed by atoms with Gasteiger partial charge >= 0.3 is 0 Å². The average Bonchev–Trinajstić information content (AvgIpc) is 2.55. The van der Waals surface area contributed by atoms with Crippen LogP contribution < -0.4 is 15.8 Å². The second-order valence-electron chi connectivity index (χ2n) is 5.15. The molecule has 1 saturated heterocycles. The quantitative estimate of drug-likeness (QED) is 0.816. The Morgan fingerprint density at radius 3 is 2.36 bits per heavy atom. The number of nitrogens with zero attached hydrogens (tertiary/aromatic N) is 1. The van der Waals surface area contributed by atoms with E-state index in [1.165, 1.54) is 0 Å². The van der Waals surface area contributed by atoms with E-state index in [1.807, 2.05) is 4.90 Å². The number of hydrogen-bond donors (Lipinski definition) is 2. The highest BCUT2D eigenvalue weighted by Crippen LogP contribution is 2.18. The lowest BCUT2D eigenvalue weighted by Gasteiger charge is -2.31. The zero-order valence-electron chi connectivity index (χ0n) is 12.4. The molecule has 0 unspecified atom stereocenters. The molecule has 0 aromatic heterocycles. The van der Waals surface area contributed by atoms with Crippen molar-refractivity contribution in [2.24, 2.45) is 11.7 Å². The third-order valence-electron chi connectivity index (χ3n) is 3.73. The molecule has 1 aromatic rings. The summed E-state index contributed by atoms with van der Waals surface area (Å²) < 4.78 is 5.06. The number of nitrogens with one attached hydrogen (secondary N) is 1. The lowest BCUT2D eigenvalue weighted by molar-refractivity contribution is -0.122. The van der Waals surface area contributed by atoms with Gasteiger partial charge in [-0.05, 0) is 37.1 Å². The maximum Gasteiger partial charge on any atom is 0.283 e. The van der Waals surface area contributed by atoms with Crippen molar-refractivity contribution in [3.05, 3.63) is 24.3 Å². The van der Waals surface area contributed by atoms with Crippen LogP contribution in [0.2, 0.25) is 0 Å². The van der Waals surface area contributed by atoms with Crippen molar-refractivity contribution in [2.45, 2.75) is 12.8 Å². The van der Waals surface area contributed by atoms with Crippen LogP contribution >= 0.6 is 12.2 Å². The normalized spacial score (nSPS) is 15.2. The molecule has 0 saturated carbocycles. The highest BCUT2D eigenvalue weighted by atomic mass is 32.1. The van der Waals surface area contributed by atoms with Gasteiger partial charge in [0, 0.05) is 24.7 Å². The fraction of sp³-hybridized carbons (Fsp3) is 0.400. The van der Waals surface area contributed by atoms with Crippen LogP contribution in [0, 0.1) is 5.92 Å². The van der Waals surface area contributed by atoms with Crippen molar-refractivity contribution in [1.82, 2.24) is 4.90 Å². The van der Waals surface area contributed by atoms with Crippen LogP contribution in [0.5, 0.6) is 5.75 Å². The number of rotatable bonds is 3. The van der Waals surface area contributed by atoms with Crippen LogP contribution in [0.3, 0.4) is 0 Å². The fourth-order valence-electron chi connectivity index (χ4n) is 2.37. The Labute approximate surface area is 134 Å². The van der Waals surface area contributed by atoms with Gasteiger partial charge in [-0.1, -0.05) is 12.2 Å². The van der Waals surface area contributed by atoms with E-state index >= 15 is 0 Å². The van der Waals surface area contributed by atoms with E-state index < -0.39 is 0 Å². The molecular formula is C15H19N3O3S. The van der Waals surface area contributed by atoms with Crippen LogP contribution in [-0.2, 0) is 9.59 Å². The number of amides is 2. The van der Waals surface area contributed by atoms with Crippen LogP contribution in [0.25, 0.3) is 0 Å². The summed E-state index contributed by atoms with van der Waals surface area (Å²) in [6, 6.07) is 7.02. The zero-order chi connectivity index (χ0) is 16.1. The number of carbonyl (C=O) groups is 2. The summed E-state index contributed by atoms with van der Waals surface area (Å²) in [6.07, 6.45) is 1.26. The number of thiocarbonyl (C=S) groups is 1. The molecule has 1 aliphatic heterocycles. The molecule has 0 bridgehead atoms. The van der Waals surface area contributed by atoms with E-state index in [4.69, 9.17) is 22.7 Å².